The van der Waals surface area contributed by atoms with Crippen molar-refractivity contribution in [3.63, 3.8) is 0 Å². The Hall–Kier alpha value is -5.74. The van der Waals surface area contributed by atoms with Gasteiger partial charge < -0.3 is 13.8 Å². The molecule has 2 aliphatic rings. The van der Waals surface area contributed by atoms with Gasteiger partial charge in [0, 0.05) is 49.5 Å². The second-order valence-corrected chi connectivity index (χ2v) is 15.0. The first kappa shape index (κ1) is 29.9. The van der Waals surface area contributed by atoms with E-state index < -0.39 is 0 Å². The summed E-state index contributed by atoms with van der Waals surface area (Å²) in [7, 11) is 0. The summed E-state index contributed by atoms with van der Waals surface area (Å²) >= 11 is 0. The predicted octanol–water partition coefficient (Wildman–Crippen LogP) is 11.9. The lowest BCUT2D eigenvalue weighted by atomic mass is 9.45. The standard InChI is InChI=1S/C48H39BN2O/c1-3-5-14-30-24-31(15-6-4-2)26-34(25-30)50-43-28-33-17-8-7-16-32(33)27-41(43)49-45-39(29-40-36-19-10-12-23-44(36)52-48(40)47(45)50)38-21-13-20-37-35-18-9-11-22-42(35)51(49)46(37)38/h7-13,16-29H,3-6,14-15H2,1-2H3. The van der Waals surface area contributed by atoms with Crippen LogP contribution in [0.5, 0.6) is 0 Å². The second-order valence-electron chi connectivity index (χ2n) is 15.0. The fraction of sp³-hybridized carbons (Fsp3) is 0.167. The van der Waals surface area contributed by atoms with E-state index in [1.54, 1.807) is 0 Å². The van der Waals surface area contributed by atoms with Gasteiger partial charge in [0.05, 0.1) is 5.69 Å². The number of furan rings is 1. The van der Waals surface area contributed by atoms with Crippen molar-refractivity contribution in [1.29, 1.82) is 0 Å². The van der Waals surface area contributed by atoms with Crippen LogP contribution >= 0.6 is 0 Å². The van der Waals surface area contributed by atoms with Gasteiger partial charge >= 0.3 is 6.85 Å². The average molecular weight is 671 g/mol. The summed E-state index contributed by atoms with van der Waals surface area (Å²) < 4.78 is 9.69. The van der Waals surface area contributed by atoms with E-state index in [0.717, 1.165) is 29.4 Å². The van der Waals surface area contributed by atoms with Crippen LogP contribution in [0.3, 0.4) is 0 Å². The first-order valence-corrected chi connectivity index (χ1v) is 19.2. The molecule has 0 atom stereocenters. The summed E-state index contributed by atoms with van der Waals surface area (Å²) in [5.74, 6) is 0. The molecule has 3 nitrogen and oxygen atoms in total. The van der Waals surface area contributed by atoms with E-state index in [0.29, 0.717) is 0 Å². The lowest BCUT2D eigenvalue weighted by molar-refractivity contribution is 0.669. The molecule has 2 aromatic heterocycles. The Bertz CT molecular complexity index is 2890. The highest BCUT2D eigenvalue weighted by Crippen LogP contribution is 2.50. The Balaban J connectivity index is 1.33. The van der Waals surface area contributed by atoms with Crippen molar-refractivity contribution in [2.75, 3.05) is 4.90 Å². The average Bonchev–Trinajstić information content (AvgIpc) is 3.73. The van der Waals surface area contributed by atoms with Crippen LogP contribution in [-0.4, -0.2) is 11.3 Å². The van der Waals surface area contributed by atoms with Crippen LogP contribution in [0.1, 0.15) is 50.7 Å². The summed E-state index contributed by atoms with van der Waals surface area (Å²) in [6.07, 6.45) is 6.89. The van der Waals surface area contributed by atoms with Crippen LogP contribution in [0.15, 0.2) is 132 Å². The van der Waals surface area contributed by atoms with Crippen molar-refractivity contribution in [3.05, 3.63) is 139 Å². The third-order valence-electron chi connectivity index (χ3n) is 11.8. The lowest BCUT2D eigenvalue weighted by Gasteiger charge is -2.40. The van der Waals surface area contributed by atoms with E-state index in [1.165, 1.54) is 114 Å². The number of rotatable bonds is 7. The molecule has 0 radical (unpaired) electrons. The van der Waals surface area contributed by atoms with Crippen molar-refractivity contribution < 1.29 is 4.42 Å². The molecule has 52 heavy (non-hydrogen) atoms. The molecule has 0 spiro atoms. The fourth-order valence-corrected chi connectivity index (χ4v) is 9.51. The molecule has 0 saturated carbocycles. The third kappa shape index (κ3) is 4.15. The largest absolute Gasteiger partial charge is 0.454 e. The van der Waals surface area contributed by atoms with Crippen LogP contribution < -0.4 is 15.8 Å². The Morgan fingerprint density at radius 1 is 0.596 bits per heavy atom. The number of benzene rings is 7. The van der Waals surface area contributed by atoms with Gasteiger partial charge in [0.25, 0.3) is 0 Å². The predicted molar refractivity (Wildman–Crippen MR) is 222 cm³/mol. The number of aromatic nitrogens is 1. The Labute approximate surface area is 304 Å². The highest BCUT2D eigenvalue weighted by atomic mass is 16.3. The number of unbranched alkanes of at least 4 members (excludes halogenated alkanes) is 2. The molecule has 0 unspecified atom stereocenters. The molecule has 0 bridgehead atoms. The first-order valence-electron chi connectivity index (χ1n) is 19.2. The van der Waals surface area contributed by atoms with Crippen LogP contribution in [0.4, 0.5) is 17.1 Å². The molecular formula is C48H39BN2O. The Morgan fingerprint density at radius 2 is 1.29 bits per heavy atom. The summed E-state index contributed by atoms with van der Waals surface area (Å²) in [4.78, 5) is 2.59. The van der Waals surface area contributed by atoms with E-state index in [2.05, 4.69) is 151 Å². The Kier molecular flexibility index (Phi) is 6.56. The van der Waals surface area contributed by atoms with Crippen LogP contribution in [-0.2, 0) is 12.8 Å². The topological polar surface area (TPSA) is 21.3 Å². The van der Waals surface area contributed by atoms with Gasteiger partial charge in [0.2, 0.25) is 0 Å². The smallest absolute Gasteiger partial charge is 0.333 e. The fourth-order valence-electron chi connectivity index (χ4n) is 9.51. The second kappa shape index (κ2) is 11.4. The van der Waals surface area contributed by atoms with Gasteiger partial charge in [0.15, 0.2) is 5.58 Å². The van der Waals surface area contributed by atoms with E-state index in [9.17, 15) is 0 Å². The van der Waals surface area contributed by atoms with Crippen molar-refractivity contribution in [3.8, 4) is 11.1 Å². The molecule has 2 aliphatic heterocycles. The number of anilines is 3. The minimum absolute atomic E-state index is 0.0291. The molecule has 4 heterocycles. The molecule has 0 aliphatic carbocycles. The molecule has 7 aromatic carbocycles. The normalized spacial score (nSPS) is 13.2. The zero-order valence-electron chi connectivity index (χ0n) is 29.7. The van der Waals surface area contributed by atoms with Gasteiger partial charge in [-0.25, -0.2) is 0 Å². The van der Waals surface area contributed by atoms with Crippen molar-refractivity contribution in [2.24, 2.45) is 0 Å². The molecule has 11 rings (SSSR count). The first-order chi connectivity index (χ1) is 25.7. The quantitative estimate of drug-likeness (QED) is 0.157. The molecule has 0 saturated heterocycles. The third-order valence-corrected chi connectivity index (χ3v) is 11.8. The maximum atomic E-state index is 7.05. The minimum Gasteiger partial charge on any atom is -0.454 e. The van der Waals surface area contributed by atoms with Gasteiger partial charge in [-0.05, 0) is 100 Å². The maximum absolute atomic E-state index is 7.05. The number of fused-ring (bicyclic) bond motifs is 12. The van der Waals surface area contributed by atoms with Crippen molar-refractivity contribution in [1.82, 2.24) is 4.48 Å². The minimum atomic E-state index is -0.0291. The van der Waals surface area contributed by atoms with E-state index in [4.69, 9.17) is 4.42 Å². The van der Waals surface area contributed by atoms with Crippen LogP contribution in [0.2, 0.25) is 0 Å². The summed E-state index contributed by atoms with van der Waals surface area (Å²) in [5, 5.41) is 7.47. The van der Waals surface area contributed by atoms with Crippen molar-refractivity contribution >= 4 is 89.4 Å². The monoisotopic (exact) mass is 670 g/mol. The highest BCUT2D eigenvalue weighted by Gasteiger charge is 2.44. The van der Waals surface area contributed by atoms with Gasteiger partial charge in [-0.15, -0.1) is 0 Å². The van der Waals surface area contributed by atoms with Gasteiger partial charge in [0.1, 0.15) is 5.58 Å². The highest BCUT2D eigenvalue weighted by molar-refractivity contribution is 6.90. The zero-order valence-corrected chi connectivity index (χ0v) is 29.7. The molecular weight excluding hydrogens is 631 g/mol. The number of nitrogens with zero attached hydrogens (tertiary/aromatic N) is 2. The molecule has 0 amide bonds. The van der Waals surface area contributed by atoms with E-state index in [1.807, 2.05) is 0 Å². The molecule has 4 heteroatoms. The molecule has 250 valence electrons. The molecule has 9 aromatic rings. The van der Waals surface area contributed by atoms with E-state index in [-0.39, 0.29) is 6.85 Å². The number of para-hydroxylation sites is 3. The maximum Gasteiger partial charge on any atom is 0.333 e. The van der Waals surface area contributed by atoms with Crippen LogP contribution in [0, 0.1) is 0 Å². The summed E-state index contributed by atoms with van der Waals surface area (Å²) in [6.45, 7) is 4.56. The number of hydrogen-bond donors (Lipinski definition) is 0. The van der Waals surface area contributed by atoms with Crippen LogP contribution in [0.25, 0.3) is 65.6 Å². The lowest BCUT2D eigenvalue weighted by Crippen LogP contribution is -2.56. The Morgan fingerprint density at radius 3 is 2.08 bits per heavy atom. The summed E-state index contributed by atoms with van der Waals surface area (Å²) in [6, 6.07) is 48.1. The van der Waals surface area contributed by atoms with E-state index >= 15 is 0 Å². The van der Waals surface area contributed by atoms with Gasteiger partial charge in [-0.1, -0.05) is 118 Å². The zero-order chi connectivity index (χ0) is 34.5. The summed E-state index contributed by atoms with van der Waals surface area (Å²) in [5.41, 5.74) is 16.2. The number of hydrogen-bond acceptors (Lipinski definition) is 2. The van der Waals surface area contributed by atoms with Gasteiger partial charge in [-0.3, -0.25) is 0 Å². The van der Waals surface area contributed by atoms with Crippen molar-refractivity contribution in [2.45, 2.75) is 52.4 Å². The molecule has 0 N–H and O–H groups in total. The van der Waals surface area contributed by atoms with Gasteiger partial charge in [-0.2, -0.15) is 0 Å². The SMILES string of the molecule is CCCCc1cc(CCCC)cc(N2c3cc4ccccc4cc3B3c4c(cc5c(oc6ccccc65)c42)-c2cccc4c5ccccc5n3c24)c1. The number of aryl methyl sites for hydroxylation is 2. The molecule has 0 fully saturated rings.